The number of benzene rings is 1. The van der Waals surface area contributed by atoms with Gasteiger partial charge in [-0.05, 0) is 30.7 Å². The Morgan fingerprint density at radius 1 is 1.18 bits per heavy atom. The largest absolute Gasteiger partial charge is 0.351 e. The molecule has 1 aromatic rings. The smallest absolute Gasteiger partial charge is 0.251 e. The molecule has 1 amide bonds. The van der Waals surface area contributed by atoms with Crippen LogP contribution in [0.3, 0.4) is 0 Å². The Balaban J connectivity index is 2.31. The minimum Gasteiger partial charge on any atom is -0.351 e. The van der Waals surface area contributed by atoms with E-state index in [1.807, 2.05) is 12.1 Å². The number of hydrogen-bond donors (Lipinski definition) is 3. The highest BCUT2D eigenvalue weighted by Gasteiger charge is 2.03. The van der Waals surface area contributed by atoms with E-state index in [9.17, 15) is 4.79 Å². The molecule has 0 bridgehead atoms. The normalized spacial score (nSPS) is 10.2. The standard InChI is InChI=1S/C13H21N3O/c1-2-7-15-8-9-16-13(17)12-5-3-11(10-14)4-6-12/h3-6,15H,2,7-10,14H2,1H3,(H,16,17). The van der Waals surface area contributed by atoms with E-state index in [1.165, 1.54) is 0 Å². The molecule has 1 rings (SSSR count). The number of hydrogen-bond acceptors (Lipinski definition) is 3. The van der Waals surface area contributed by atoms with Gasteiger partial charge in [0.2, 0.25) is 0 Å². The van der Waals surface area contributed by atoms with Gasteiger partial charge < -0.3 is 16.4 Å². The van der Waals surface area contributed by atoms with Crippen LogP contribution in [-0.4, -0.2) is 25.5 Å². The molecule has 0 spiro atoms. The van der Waals surface area contributed by atoms with E-state index in [0.29, 0.717) is 18.7 Å². The fourth-order valence-electron chi connectivity index (χ4n) is 1.46. The van der Waals surface area contributed by atoms with Gasteiger partial charge in [-0.2, -0.15) is 0 Å². The molecule has 0 aliphatic heterocycles. The van der Waals surface area contributed by atoms with Crippen LogP contribution in [0.4, 0.5) is 0 Å². The highest BCUT2D eigenvalue weighted by molar-refractivity contribution is 5.94. The predicted molar refractivity (Wildman–Crippen MR) is 69.8 cm³/mol. The summed E-state index contributed by atoms with van der Waals surface area (Å²) in [6.07, 6.45) is 1.11. The average molecular weight is 235 g/mol. The van der Waals surface area contributed by atoms with E-state index in [-0.39, 0.29) is 5.91 Å². The second-order valence-corrected chi connectivity index (χ2v) is 3.91. The monoisotopic (exact) mass is 235 g/mol. The zero-order valence-corrected chi connectivity index (χ0v) is 10.3. The minimum atomic E-state index is -0.0353. The van der Waals surface area contributed by atoms with Crippen LogP contribution in [0.2, 0.25) is 0 Å². The number of carbonyl (C=O) groups is 1. The maximum Gasteiger partial charge on any atom is 0.251 e. The third-order valence-electron chi connectivity index (χ3n) is 2.47. The van der Waals surface area contributed by atoms with Gasteiger partial charge in [0.1, 0.15) is 0 Å². The van der Waals surface area contributed by atoms with Crippen LogP contribution in [0.1, 0.15) is 29.3 Å². The van der Waals surface area contributed by atoms with Gasteiger partial charge in [0, 0.05) is 25.2 Å². The second kappa shape index (κ2) is 7.81. The Labute approximate surface area is 103 Å². The van der Waals surface area contributed by atoms with Gasteiger partial charge in [-0.1, -0.05) is 19.1 Å². The Hall–Kier alpha value is -1.39. The molecule has 0 radical (unpaired) electrons. The van der Waals surface area contributed by atoms with Crippen molar-refractivity contribution in [3.8, 4) is 0 Å². The van der Waals surface area contributed by atoms with Crippen LogP contribution < -0.4 is 16.4 Å². The van der Waals surface area contributed by atoms with E-state index in [4.69, 9.17) is 5.73 Å². The fraction of sp³-hybridized carbons (Fsp3) is 0.462. The summed E-state index contributed by atoms with van der Waals surface area (Å²) in [7, 11) is 0. The summed E-state index contributed by atoms with van der Waals surface area (Å²) in [6.45, 7) is 5.06. The van der Waals surface area contributed by atoms with E-state index in [2.05, 4.69) is 17.6 Å². The summed E-state index contributed by atoms with van der Waals surface area (Å²) >= 11 is 0. The molecule has 0 saturated carbocycles. The summed E-state index contributed by atoms with van der Waals surface area (Å²) in [6, 6.07) is 7.36. The topological polar surface area (TPSA) is 67.1 Å². The maximum absolute atomic E-state index is 11.7. The van der Waals surface area contributed by atoms with Crippen molar-refractivity contribution in [2.45, 2.75) is 19.9 Å². The molecule has 4 heteroatoms. The maximum atomic E-state index is 11.7. The molecule has 94 valence electrons. The van der Waals surface area contributed by atoms with Crippen molar-refractivity contribution in [1.82, 2.24) is 10.6 Å². The number of nitrogens with two attached hydrogens (primary N) is 1. The highest BCUT2D eigenvalue weighted by Crippen LogP contribution is 2.03. The lowest BCUT2D eigenvalue weighted by atomic mass is 10.1. The number of rotatable bonds is 7. The Morgan fingerprint density at radius 3 is 2.47 bits per heavy atom. The van der Waals surface area contributed by atoms with E-state index in [0.717, 1.165) is 25.1 Å². The van der Waals surface area contributed by atoms with Crippen molar-refractivity contribution < 1.29 is 4.79 Å². The van der Waals surface area contributed by atoms with E-state index < -0.39 is 0 Å². The van der Waals surface area contributed by atoms with Crippen LogP contribution in [0, 0.1) is 0 Å². The van der Waals surface area contributed by atoms with Crippen LogP contribution in [0.15, 0.2) is 24.3 Å². The van der Waals surface area contributed by atoms with Gasteiger partial charge >= 0.3 is 0 Å². The van der Waals surface area contributed by atoms with Crippen LogP contribution in [-0.2, 0) is 6.54 Å². The molecule has 0 aromatic heterocycles. The zero-order valence-electron chi connectivity index (χ0n) is 10.3. The molecule has 1 aromatic carbocycles. The van der Waals surface area contributed by atoms with Crippen molar-refractivity contribution in [2.24, 2.45) is 5.73 Å². The molecule has 4 nitrogen and oxygen atoms in total. The number of carbonyl (C=O) groups excluding carboxylic acids is 1. The molecule has 4 N–H and O–H groups in total. The van der Waals surface area contributed by atoms with Crippen LogP contribution in [0.25, 0.3) is 0 Å². The summed E-state index contributed by atoms with van der Waals surface area (Å²) in [5.41, 5.74) is 7.21. The fourth-order valence-corrected chi connectivity index (χ4v) is 1.46. The summed E-state index contributed by atoms with van der Waals surface area (Å²) in [5.74, 6) is -0.0353. The first-order valence-corrected chi connectivity index (χ1v) is 6.06. The minimum absolute atomic E-state index is 0.0353. The van der Waals surface area contributed by atoms with Crippen molar-refractivity contribution in [3.05, 3.63) is 35.4 Å². The van der Waals surface area contributed by atoms with Gasteiger partial charge in [-0.25, -0.2) is 0 Å². The van der Waals surface area contributed by atoms with Gasteiger partial charge in [-0.15, -0.1) is 0 Å². The number of nitrogens with one attached hydrogen (secondary N) is 2. The lowest BCUT2D eigenvalue weighted by Crippen LogP contribution is -2.32. The first-order chi connectivity index (χ1) is 8.27. The van der Waals surface area contributed by atoms with Gasteiger partial charge in [-0.3, -0.25) is 4.79 Å². The third-order valence-corrected chi connectivity index (χ3v) is 2.47. The quantitative estimate of drug-likeness (QED) is 0.614. The molecule has 0 atom stereocenters. The molecule has 0 unspecified atom stereocenters. The Bertz CT molecular complexity index is 335. The first-order valence-electron chi connectivity index (χ1n) is 6.06. The lowest BCUT2D eigenvalue weighted by molar-refractivity contribution is 0.0954. The van der Waals surface area contributed by atoms with Crippen molar-refractivity contribution in [2.75, 3.05) is 19.6 Å². The molecule has 17 heavy (non-hydrogen) atoms. The van der Waals surface area contributed by atoms with Crippen molar-refractivity contribution in [3.63, 3.8) is 0 Å². The van der Waals surface area contributed by atoms with Crippen LogP contribution >= 0.6 is 0 Å². The molecule has 0 fully saturated rings. The van der Waals surface area contributed by atoms with E-state index in [1.54, 1.807) is 12.1 Å². The molecule has 0 aliphatic rings. The van der Waals surface area contributed by atoms with Crippen LogP contribution in [0.5, 0.6) is 0 Å². The first kappa shape index (κ1) is 13.7. The molecule has 0 saturated heterocycles. The van der Waals surface area contributed by atoms with Gasteiger partial charge in [0.05, 0.1) is 0 Å². The van der Waals surface area contributed by atoms with Crippen molar-refractivity contribution in [1.29, 1.82) is 0 Å². The zero-order chi connectivity index (χ0) is 12.5. The Morgan fingerprint density at radius 2 is 1.88 bits per heavy atom. The summed E-state index contributed by atoms with van der Waals surface area (Å²) < 4.78 is 0. The highest BCUT2D eigenvalue weighted by atomic mass is 16.1. The number of amides is 1. The van der Waals surface area contributed by atoms with Gasteiger partial charge in [0.25, 0.3) is 5.91 Å². The van der Waals surface area contributed by atoms with E-state index >= 15 is 0 Å². The predicted octanol–water partition coefficient (Wildman–Crippen LogP) is 0.875. The Kier molecular flexibility index (Phi) is 6.29. The molecule has 0 heterocycles. The third kappa shape index (κ3) is 4.97. The molecular weight excluding hydrogens is 214 g/mol. The van der Waals surface area contributed by atoms with Crippen molar-refractivity contribution >= 4 is 5.91 Å². The van der Waals surface area contributed by atoms with Gasteiger partial charge in [0.15, 0.2) is 0 Å². The summed E-state index contributed by atoms with van der Waals surface area (Å²) in [4.78, 5) is 11.7. The SMILES string of the molecule is CCCNCCNC(=O)c1ccc(CN)cc1. The second-order valence-electron chi connectivity index (χ2n) is 3.91. The average Bonchev–Trinajstić information content (AvgIpc) is 2.38. The lowest BCUT2D eigenvalue weighted by Gasteiger charge is -2.06. The molecule has 0 aliphatic carbocycles. The summed E-state index contributed by atoms with van der Waals surface area (Å²) in [5, 5.41) is 6.09. The molecular formula is C13H21N3O.